The molecule has 0 atom stereocenters. The third-order valence-corrected chi connectivity index (χ3v) is 12.3. The van der Waals surface area contributed by atoms with Gasteiger partial charge < -0.3 is 4.57 Å². The summed E-state index contributed by atoms with van der Waals surface area (Å²) in [6.07, 6.45) is 3.84. The van der Waals surface area contributed by atoms with Crippen LogP contribution in [0.1, 0.15) is 22.3 Å². The third-order valence-electron chi connectivity index (χ3n) is 12.3. The fourth-order valence-corrected chi connectivity index (χ4v) is 9.01. The topological polar surface area (TPSA) is 43.6 Å². The molecule has 0 aliphatic heterocycles. The first-order valence-electron chi connectivity index (χ1n) is 19.6. The summed E-state index contributed by atoms with van der Waals surface area (Å²) < 4.78 is 2.32. The Hall–Kier alpha value is -7.17. The summed E-state index contributed by atoms with van der Waals surface area (Å²) >= 11 is 0. The molecule has 4 aromatic heterocycles. The Morgan fingerprint density at radius 3 is 1.84 bits per heavy atom. The Kier molecular flexibility index (Phi) is 7.39. The number of hydrogen-bond acceptors (Lipinski definition) is 3. The SMILES string of the molecule is Cc1c(-c2ccc(-c3ccc4ccc(-n5c6ccccc6c6ccncc65)cc4c3)cc2)nc2c(ccc3c(C)c(C)c(-c4cccc5ccccc45)nc32)c1C. The molecule has 0 amide bonds. The normalized spacial score (nSPS) is 11.9. The van der Waals surface area contributed by atoms with Crippen molar-refractivity contribution in [2.24, 2.45) is 0 Å². The van der Waals surface area contributed by atoms with Crippen LogP contribution in [0.15, 0.2) is 158 Å². The minimum atomic E-state index is 0.948. The zero-order valence-electron chi connectivity index (χ0n) is 32.3. The molecule has 57 heavy (non-hydrogen) atoms. The standard InChI is InChI=1S/C53H38N4/c1-31-33(3)50(55-52-42(31)24-25-43-32(2)34(4)51(56-53(43)52)47-14-9-11-37-10-5-6-12-44(37)47)38-19-16-35(17-20-38)39-21-18-36-22-23-41(29-40(36)28-39)57-48-15-8-7-13-45(48)46-26-27-54-30-49(46)57/h5-30H,1-4H3. The maximum atomic E-state index is 5.45. The molecular formula is C53H38N4. The van der Waals surface area contributed by atoms with Crippen molar-refractivity contribution in [3.63, 3.8) is 0 Å². The van der Waals surface area contributed by atoms with Crippen molar-refractivity contribution in [3.05, 3.63) is 180 Å². The summed E-state index contributed by atoms with van der Waals surface area (Å²) in [5, 5.41) is 9.56. The number of para-hydroxylation sites is 1. The molecule has 0 saturated carbocycles. The number of benzene rings is 7. The fraction of sp³-hybridized carbons (Fsp3) is 0.0755. The Bertz CT molecular complexity index is 3390. The molecule has 0 spiro atoms. The number of aromatic nitrogens is 4. The van der Waals surface area contributed by atoms with Crippen LogP contribution in [0, 0.1) is 27.7 Å². The molecule has 11 aromatic rings. The van der Waals surface area contributed by atoms with Crippen molar-refractivity contribution in [2.45, 2.75) is 27.7 Å². The van der Waals surface area contributed by atoms with Gasteiger partial charge in [0.15, 0.2) is 0 Å². The summed E-state index contributed by atoms with van der Waals surface area (Å²) in [7, 11) is 0. The predicted octanol–water partition coefficient (Wildman–Crippen LogP) is 13.8. The van der Waals surface area contributed by atoms with Crippen LogP contribution < -0.4 is 0 Å². The molecule has 4 heterocycles. The van der Waals surface area contributed by atoms with E-state index in [0.29, 0.717) is 0 Å². The first kappa shape index (κ1) is 33.2. The molecule has 4 nitrogen and oxygen atoms in total. The quantitative estimate of drug-likeness (QED) is 0.169. The average Bonchev–Trinajstić information content (AvgIpc) is 3.60. The van der Waals surface area contributed by atoms with Gasteiger partial charge in [0.05, 0.1) is 39.7 Å². The number of aryl methyl sites for hydroxylation is 2. The van der Waals surface area contributed by atoms with E-state index in [1.165, 1.54) is 71.2 Å². The van der Waals surface area contributed by atoms with Crippen LogP contribution >= 0.6 is 0 Å². The van der Waals surface area contributed by atoms with E-state index >= 15 is 0 Å². The number of nitrogens with zero attached hydrogens (tertiary/aromatic N) is 4. The number of pyridine rings is 3. The molecule has 11 rings (SSSR count). The molecule has 7 aromatic carbocycles. The van der Waals surface area contributed by atoms with Crippen LogP contribution in [-0.4, -0.2) is 19.5 Å². The molecule has 0 saturated heterocycles. The lowest BCUT2D eigenvalue weighted by atomic mass is 9.93. The maximum absolute atomic E-state index is 5.45. The second kappa shape index (κ2) is 12.7. The van der Waals surface area contributed by atoms with E-state index in [4.69, 9.17) is 9.97 Å². The van der Waals surface area contributed by atoms with Gasteiger partial charge in [-0.25, -0.2) is 9.97 Å². The molecule has 4 heteroatoms. The van der Waals surface area contributed by atoms with Crippen molar-refractivity contribution in [3.8, 4) is 39.3 Å². The van der Waals surface area contributed by atoms with E-state index in [-0.39, 0.29) is 0 Å². The highest BCUT2D eigenvalue weighted by molar-refractivity contribution is 6.10. The Morgan fingerprint density at radius 1 is 0.404 bits per heavy atom. The highest BCUT2D eigenvalue weighted by Crippen LogP contribution is 2.39. The van der Waals surface area contributed by atoms with Crippen molar-refractivity contribution < 1.29 is 0 Å². The van der Waals surface area contributed by atoms with E-state index in [9.17, 15) is 0 Å². The summed E-state index contributed by atoms with van der Waals surface area (Å²) in [4.78, 5) is 15.4. The highest BCUT2D eigenvalue weighted by atomic mass is 15.0. The van der Waals surface area contributed by atoms with Gasteiger partial charge in [-0.1, -0.05) is 115 Å². The van der Waals surface area contributed by atoms with Crippen molar-refractivity contribution in [2.75, 3.05) is 0 Å². The summed E-state index contributed by atoms with van der Waals surface area (Å²) in [6, 6.07) is 52.6. The Morgan fingerprint density at radius 2 is 1.04 bits per heavy atom. The van der Waals surface area contributed by atoms with Gasteiger partial charge in [-0.3, -0.25) is 4.98 Å². The zero-order chi connectivity index (χ0) is 38.4. The van der Waals surface area contributed by atoms with Crippen molar-refractivity contribution in [1.82, 2.24) is 19.5 Å². The summed E-state index contributed by atoms with van der Waals surface area (Å²) in [6.45, 7) is 8.82. The van der Waals surface area contributed by atoms with E-state index < -0.39 is 0 Å². The maximum Gasteiger partial charge on any atom is 0.0975 e. The van der Waals surface area contributed by atoms with Gasteiger partial charge in [-0.15, -0.1) is 0 Å². The fourth-order valence-electron chi connectivity index (χ4n) is 9.01. The summed E-state index contributed by atoms with van der Waals surface area (Å²) in [5.41, 5.74) is 16.8. The molecule has 0 bridgehead atoms. The predicted molar refractivity (Wildman–Crippen MR) is 239 cm³/mol. The smallest absolute Gasteiger partial charge is 0.0975 e. The molecule has 0 aliphatic carbocycles. The monoisotopic (exact) mass is 730 g/mol. The van der Waals surface area contributed by atoms with Gasteiger partial charge >= 0.3 is 0 Å². The van der Waals surface area contributed by atoms with Gasteiger partial charge in [-0.2, -0.15) is 0 Å². The van der Waals surface area contributed by atoms with Gasteiger partial charge in [0.1, 0.15) is 0 Å². The Balaban J connectivity index is 1.01. The van der Waals surface area contributed by atoms with E-state index in [0.717, 1.165) is 55.5 Å². The van der Waals surface area contributed by atoms with Crippen LogP contribution in [0.2, 0.25) is 0 Å². The second-order valence-electron chi connectivity index (χ2n) is 15.4. The molecule has 0 aliphatic rings. The van der Waals surface area contributed by atoms with Gasteiger partial charge in [-0.05, 0) is 113 Å². The van der Waals surface area contributed by atoms with E-state index in [1.807, 2.05) is 12.4 Å². The molecule has 270 valence electrons. The number of rotatable bonds is 4. The van der Waals surface area contributed by atoms with Crippen LogP contribution in [0.5, 0.6) is 0 Å². The molecule has 0 N–H and O–H groups in total. The van der Waals surface area contributed by atoms with Gasteiger partial charge in [0, 0.05) is 44.6 Å². The molecule has 0 fully saturated rings. The molecule has 0 unspecified atom stereocenters. The zero-order valence-corrected chi connectivity index (χ0v) is 32.3. The lowest BCUT2D eigenvalue weighted by Crippen LogP contribution is -2.00. The Labute approximate surface area is 330 Å². The van der Waals surface area contributed by atoms with Gasteiger partial charge in [0.2, 0.25) is 0 Å². The lowest BCUT2D eigenvalue weighted by molar-refractivity contribution is 1.17. The number of hydrogen-bond donors (Lipinski definition) is 0. The first-order valence-corrected chi connectivity index (χ1v) is 19.6. The van der Waals surface area contributed by atoms with Gasteiger partial charge in [0.25, 0.3) is 0 Å². The van der Waals surface area contributed by atoms with Crippen LogP contribution in [0.3, 0.4) is 0 Å². The highest BCUT2D eigenvalue weighted by Gasteiger charge is 2.19. The second-order valence-corrected chi connectivity index (χ2v) is 15.4. The molecule has 0 radical (unpaired) electrons. The van der Waals surface area contributed by atoms with Crippen molar-refractivity contribution in [1.29, 1.82) is 0 Å². The lowest BCUT2D eigenvalue weighted by Gasteiger charge is -2.17. The summed E-state index contributed by atoms with van der Waals surface area (Å²) in [5.74, 6) is 0. The van der Waals surface area contributed by atoms with Crippen molar-refractivity contribution >= 4 is 65.2 Å². The first-order chi connectivity index (χ1) is 27.9. The van der Waals surface area contributed by atoms with E-state index in [2.05, 4.69) is 183 Å². The molecular weight excluding hydrogens is 693 g/mol. The van der Waals surface area contributed by atoms with Crippen LogP contribution in [-0.2, 0) is 0 Å². The largest absolute Gasteiger partial charge is 0.308 e. The minimum absolute atomic E-state index is 0.948. The number of fused-ring (bicyclic) bond motifs is 8. The van der Waals surface area contributed by atoms with Crippen LogP contribution in [0.4, 0.5) is 0 Å². The third kappa shape index (κ3) is 5.11. The van der Waals surface area contributed by atoms with Crippen LogP contribution in [0.25, 0.3) is 104 Å². The average molecular weight is 731 g/mol. The van der Waals surface area contributed by atoms with E-state index in [1.54, 1.807) is 0 Å². The minimum Gasteiger partial charge on any atom is -0.308 e.